The molecule has 168 valence electrons. The van der Waals surface area contributed by atoms with E-state index in [2.05, 4.69) is 5.10 Å². The molecule has 0 amide bonds. The molecule has 33 heavy (non-hydrogen) atoms. The molecule has 0 N–H and O–H groups in total. The highest BCUT2D eigenvalue weighted by molar-refractivity contribution is 6.31. The monoisotopic (exact) mass is 461 g/mol. The minimum Gasteiger partial charge on any atom is -0.493 e. The summed E-state index contributed by atoms with van der Waals surface area (Å²) in [4.78, 5) is 18.1. The van der Waals surface area contributed by atoms with Crippen molar-refractivity contribution in [3.05, 3.63) is 87.7 Å². The lowest BCUT2D eigenvalue weighted by Gasteiger charge is -2.24. The van der Waals surface area contributed by atoms with E-state index in [-0.39, 0.29) is 5.56 Å². The number of nitrogens with zero attached hydrogens (tertiary/aromatic N) is 3. The topological polar surface area (TPSA) is 65.7 Å². The van der Waals surface area contributed by atoms with Gasteiger partial charge in [-0.15, -0.1) is 0 Å². The SMILES string of the molecule is COc1cc(Cl)cc(C=Nn2c(-c3ccccc3)nc3ccccc3c2=O)c1OC(C)(C)C. The molecule has 0 radical (unpaired) electrons. The van der Waals surface area contributed by atoms with Gasteiger partial charge in [0.25, 0.3) is 5.56 Å². The zero-order valence-electron chi connectivity index (χ0n) is 18.9. The maximum absolute atomic E-state index is 13.4. The molecule has 1 heterocycles. The van der Waals surface area contributed by atoms with Crippen LogP contribution in [0.4, 0.5) is 0 Å². The molecule has 4 aromatic rings. The molecule has 3 aromatic carbocycles. The Morgan fingerprint density at radius 1 is 1.03 bits per heavy atom. The molecule has 7 heteroatoms. The number of halogens is 1. The molecular weight excluding hydrogens is 438 g/mol. The maximum Gasteiger partial charge on any atom is 0.282 e. The van der Waals surface area contributed by atoms with Crippen LogP contribution in [0.3, 0.4) is 0 Å². The van der Waals surface area contributed by atoms with Gasteiger partial charge >= 0.3 is 0 Å². The van der Waals surface area contributed by atoms with Crippen LogP contribution in [0.15, 0.2) is 76.6 Å². The lowest BCUT2D eigenvalue weighted by molar-refractivity contribution is 0.125. The summed E-state index contributed by atoms with van der Waals surface area (Å²) in [6.45, 7) is 5.81. The Bertz CT molecular complexity index is 1390. The van der Waals surface area contributed by atoms with Crippen molar-refractivity contribution in [1.29, 1.82) is 0 Å². The van der Waals surface area contributed by atoms with Crippen molar-refractivity contribution in [3.8, 4) is 22.9 Å². The van der Waals surface area contributed by atoms with Gasteiger partial charge in [-0.3, -0.25) is 4.79 Å². The molecule has 4 rings (SSSR count). The zero-order chi connectivity index (χ0) is 23.6. The van der Waals surface area contributed by atoms with E-state index in [1.807, 2.05) is 63.2 Å². The Balaban J connectivity index is 1.93. The van der Waals surface area contributed by atoms with E-state index in [4.69, 9.17) is 26.1 Å². The largest absolute Gasteiger partial charge is 0.493 e. The third-order valence-electron chi connectivity index (χ3n) is 4.77. The fraction of sp³-hybridized carbons (Fsp3) is 0.192. The Kier molecular flexibility index (Phi) is 6.20. The molecule has 0 unspecified atom stereocenters. The fourth-order valence-electron chi connectivity index (χ4n) is 3.38. The third-order valence-corrected chi connectivity index (χ3v) is 4.99. The van der Waals surface area contributed by atoms with E-state index < -0.39 is 5.60 Å². The molecule has 6 nitrogen and oxygen atoms in total. The van der Waals surface area contributed by atoms with E-state index >= 15 is 0 Å². The number of hydrogen-bond acceptors (Lipinski definition) is 5. The molecule has 0 saturated heterocycles. The van der Waals surface area contributed by atoms with Crippen molar-refractivity contribution in [3.63, 3.8) is 0 Å². The van der Waals surface area contributed by atoms with Crippen LogP contribution < -0.4 is 15.0 Å². The highest BCUT2D eigenvalue weighted by Crippen LogP contribution is 2.36. The average molecular weight is 462 g/mol. The molecule has 0 aliphatic carbocycles. The standard InChI is InChI=1S/C26H24ClN3O3/c1-26(2,3)33-23-18(14-19(27)15-22(23)32-4)16-28-30-24(17-10-6-5-7-11-17)29-21-13-9-8-12-20(21)25(30)31/h5-16H,1-4H3. The van der Waals surface area contributed by atoms with Crippen LogP contribution in [0.5, 0.6) is 11.5 Å². The molecule has 0 fully saturated rings. The number of aromatic nitrogens is 2. The molecule has 0 spiro atoms. The first-order valence-corrected chi connectivity index (χ1v) is 10.8. The van der Waals surface area contributed by atoms with Crippen LogP contribution >= 0.6 is 11.6 Å². The number of benzene rings is 3. The Morgan fingerprint density at radius 3 is 2.42 bits per heavy atom. The van der Waals surface area contributed by atoms with E-state index in [9.17, 15) is 4.79 Å². The quantitative estimate of drug-likeness (QED) is 0.353. The summed E-state index contributed by atoms with van der Waals surface area (Å²) in [6, 6.07) is 20.1. The summed E-state index contributed by atoms with van der Waals surface area (Å²) in [5.41, 5.74) is 1.19. The highest BCUT2D eigenvalue weighted by Gasteiger charge is 2.20. The lowest BCUT2D eigenvalue weighted by atomic mass is 10.1. The van der Waals surface area contributed by atoms with Crippen LogP contribution in [0.2, 0.25) is 5.02 Å². The fourth-order valence-corrected chi connectivity index (χ4v) is 3.59. The first kappa shape index (κ1) is 22.6. The van der Waals surface area contributed by atoms with Gasteiger partial charge in [-0.1, -0.05) is 54.1 Å². The van der Waals surface area contributed by atoms with Gasteiger partial charge in [0.2, 0.25) is 0 Å². The Labute approximate surface area is 197 Å². The number of ether oxygens (including phenoxy) is 2. The van der Waals surface area contributed by atoms with Crippen LogP contribution in [0, 0.1) is 0 Å². The molecule has 0 bridgehead atoms. The zero-order valence-corrected chi connectivity index (χ0v) is 19.6. The van der Waals surface area contributed by atoms with E-state index in [1.165, 1.54) is 4.68 Å². The van der Waals surface area contributed by atoms with Crippen molar-refractivity contribution in [2.75, 3.05) is 7.11 Å². The van der Waals surface area contributed by atoms with Crippen LogP contribution in [-0.4, -0.2) is 28.6 Å². The maximum atomic E-state index is 13.4. The number of para-hydroxylation sites is 1. The summed E-state index contributed by atoms with van der Waals surface area (Å²) < 4.78 is 12.9. The van der Waals surface area contributed by atoms with Crippen LogP contribution in [0.1, 0.15) is 26.3 Å². The van der Waals surface area contributed by atoms with E-state index in [0.717, 1.165) is 5.56 Å². The molecule has 0 saturated carbocycles. The number of methoxy groups -OCH3 is 1. The summed E-state index contributed by atoms with van der Waals surface area (Å²) in [5, 5.41) is 5.47. The molecular formula is C26H24ClN3O3. The summed E-state index contributed by atoms with van der Waals surface area (Å²) in [7, 11) is 1.55. The molecule has 0 aliphatic heterocycles. The van der Waals surface area contributed by atoms with Crippen molar-refractivity contribution in [2.24, 2.45) is 5.10 Å². The smallest absolute Gasteiger partial charge is 0.282 e. The van der Waals surface area contributed by atoms with E-state index in [0.29, 0.717) is 38.8 Å². The predicted molar refractivity (Wildman–Crippen MR) is 133 cm³/mol. The summed E-state index contributed by atoms with van der Waals surface area (Å²) >= 11 is 6.31. The van der Waals surface area contributed by atoms with Crippen molar-refractivity contribution in [1.82, 2.24) is 9.66 Å². The van der Waals surface area contributed by atoms with Gasteiger partial charge in [-0.25, -0.2) is 4.98 Å². The first-order chi connectivity index (χ1) is 15.8. The molecule has 0 atom stereocenters. The molecule has 1 aromatic heterocycles. The highest BCUT2D eigenvalue weighted by atomic mass is 35.5. The van der Waals surface area contributed by atoms with Gasteiger partial charge in [-0.05, 0) is 39.0 Å². The third kappa shape index (κ3) is 4.91. The van der Waals surface area contributed by atoms with Crippen molar-refractivity contribution >= 4 is 28.7 Å². The summed E-state index contributed by atoms with van der Waals surface area (Å²) in [6.07, 6.45) is 1.54. The predicted octanol–water partition coefficient (Wildman–Crippen LogP) is 5.79. The second-order valence-corrected chi connectivity index (χ2v) is 8.86. The van der Waals surface area contributed by atoms with Crippen LogP contribution in [-0.2, 0) is 0 Å². The average Bonchev–Trinajstić information content (AvgIpc) is 2.79. The van der Waals surface area contributed by atoms with Gasteiger partial charge in [-0.2, -0.15) is 9.78 Å². The first-order valence-electron chi connectivity index (χ1n) is 10.4. The normalized spacial score (nSPS) is 11.8. The van der Waals surface area contributed by atoms with Crippen molar-refractivity contribution < 1.29 is 9.47 Å². The number of hydrogen-bond donors (Lipinski definition) is 0. The van der Waals surface area contributed by atoms with Gasteiger partial charge in [0.1, 0.15) is 5.60 Å². The van der Waals surface area contributed by atoms with Gasteiger partial charge in [0.15, 0.2) is 17.3 Å². The van der Waals surface area contributed by atoms with Gasteiger partial charge < -0.3 is 9.47 Å². The van der Waals surface area contributed by atoms with Gasteiger partial charge in [0.05, 0.1) is 24.2 Å². The Morgan fingerprint density at radius 2 is 1.73 bits per heavy atom. The second-order valence-electron chi connectivity index (χ2n) is 8.42. The van der Waals surface area contributed by atoms with Crippen molar-refractivity contribution in [2.45, 2.75) is 26.4 Å². The van der Waals surface area contributed by atoms with Crippen LogP contribution in [0.25, 0.3) is 22.3 Å². The second kappa shape index (κ2) is 9.08. The lowest BCUT2D eigenvalue weighted by Crippen LogP contribution is -2.24. The minimum atomic E-state index is -0.486. The summed E-state index contributed by atoms with van der Waals surface area (Å²) in [5.74, 6) is 1.40. The Hall–Kier alpha value is -3.64. The number of fused-ring (bicyclic) bond motifs is 1. The van der Waals surface area contributed by atoms with Gasteiger partial charge in [0, 0.05) is 22.2 Å². The molecule has 0 aliphatic rings. The minimum absolute atomic E-state index is 0.275. The van der Waals surface area contributed by atoms with E-state index in [1.54, 1.807) is 37.6 Å². The number of rotatable bonds is 5.